The summed E-state index contributed by atoms with van der Waals surface area (Å²) in [7, 11) is 0. The van der Waals surface area contributed by atoms with Crippen molar-refractivity contribution in [2.75, 3.05) is 0 Å². The molecule has 1 heteroatoms. The molecule has 1 unspecified atom stereocenters. The van der Waals surface area contributed by atoms with E-state index >= 15 is 0 Å². The lowest BCUT2D eigenvalue weighted by atomic mass is 10.1. The maximum absolute atomic E-state index is 2.39. The standard InChI is InChI=1S/C7H9I/c1-6-4-2-3-5-7(6)8/h2,4-6H,3H2,1H3. The van der Waals surface area contributed by atoms with Gasteiger partial charge in [0, 0.05) is 5.92 Å². The second-order valence-electron chi connectivity index (χ2n) is 2.04. The van der Waals surface area contributed by atoms with Gasteiger partial charge in [0.25, 0.3) is 0 Å². The van der Waals surface area contributed by atoms with Crippen LogP contribution in [0.25, 0.3) is 0 Å². The van der Waals surface area contributed by atoms with Crippen LogP contribution in [-0.2, 0) is 0 Å². The molecule has 0 aromatic carbocycles. The van der Waals surface area contributed by atoms with Gasteiger partial charge in [-0.2, -0.15) is 0 Å². The molecule has 0 heterocycles. The number of hydrogen-bond donors (Lipinski definition) is 0. The Morgan fingerprint density at radius 3 is 2.88 bits per heavy atom. The average molecular weight is 220 g/mol. The van der Waals surface area contributed by atoms with Crippen molar-refractivity contribution >= 4 is 22.6 Å². The van der Waals surface area contributed by atoms with E-state index in [4.69, 9.17) is 0 Å². The minimum absolute atomic E-state index is 0.671. The first-order valence-electron chi connectivity index (χ1n) is 2.83. The predicted molar refractivity (Wildman–Crippen MR) is 45.0 cm³/mol. The van der Waals surface area contributed by atoms with Crippen LogP contribution < -0.4 is 0 Å². The lowest BCUT2D eigenvalue weighted by molar-refractivity contribution is 0.903. The summed E-state index contributed by atoms with van der Waals surface area (Å²) in [6, 6.07) is 0. The molecule has 1 atom stereocenters. The molecule has 0 N–H and O–H groups in total. The summed E-state index contributed by atoms with van der Waals surface area (Å²) in [5, 5.41) is 0. The molecule has 0 saturated carbocycles. The van der Waals surface area contributed by atoms with E-state index in [-0.39, 0.29) is 0 Å². The Balaban J connectivity index is 2.63. The summed E-state index contributed by atoms with van der Waals surface area (Å²) in [6.07, 6.45) is 7.86. The smallest absolute Gasteiger partial charge is 0.00447 e. The van der Waals surface area contributed by atoms with Crippen LogP contribution in [0.5, 0.6) is 0 Å². The zero-order valence-electron chi connectivity index (χ0n) is 4.89. The monoisotopic (exact) mass is 220 g/mol. The van der Waals surface area contributed by atoms with E-state index in [1.807, 2.05) is 0 Å². The Kier molecular flexibility index (Phi) is 2.11. The third kappa shape index (κ3) is 1.34. The molecule has 0 bridgehead atoms. The first-order valence-corrected chi connectivity index (χ1v) is 3.91. The van der Waals surface area contributed by atoms with Crippen LogP contribution in [0.4, 0.5) is 0 Å². The van der Waals surface area contributed by atoms with Crippen molar-refractivity contribution in [3.05, 3.63) is 21.8 Å². The molecule has 0 spiro atoms. The summed E-state index contributed by atoms with van der Waals surface area (Å²) >= 11 is 2.39. The molecular weight excluding hydrogens is 211 g/mol. The number of rotatable bonds is 0. The maximum atomic E-state index is 2.39. The summed E-state index contributed by atoms with van der Waals surface area (Å²) in [5.41, 5.74) is 0. The van der Waals surface area contributed by atoms with Gasteiger partial charge in [0.2, 0.25) is 0 Å². The van der Waals surface area contributed by atoms with Gasteiger partial charge in [0.05, 0.1) is 0 Å². The Bertz CT molecular complexity index is 133. The van der Waals surface area contributed by atoms with Crippen molar-refractivity contribution in [1.29, 1.82) is 0 Å². The Morgan fingerprint density at radius 1 is 1.75 bits per heavy atom. The predicted octanol–water partition coefficient (Wildman–Crippen LogP) is 2.90. The van der Waals surface area contributed by atoms with E-state index in [1.54, 1.807) is 0 Å². The minimum atomic E-state index is 0.671. The van der Waals surface area contributed by atoms with E-state index < -0.39 is 0 Å². The van der Waals surface area contributed by atoms with Crippen molar-refractivity contribution in [3.8, 4) is 0 Å². The van der Waals surface area contributed by atoms with Crippen LogP contribution in [0.15, 0.2) is 21.8 Å². The van der Waals surface area contributed by atoms with E-state index in [9.17, 15) is 0 Å². The van der Waals surface area contributed by atoms with Crippen molar-refractivity contribution < 1.29 is 0 Å². The molecule has 0 aliphatic heterocycles. The van der Waals surface area contributed by atoms with E-state index in [0.29, 0.717) is 5.92 Å². The third-order valence-electron chi connectivity index (χ3n) is 1.31. The van der Waals surface area contributed by atoms with Crippen LogP contribution in [0.3, 0.4) is 0 Å². The second kappa shape index (κ2) is 2.67. The Morgan fingerprint density at radius 2 is 2.50 bits per heavy atom. The summed E-state index contributed by atoms with van der Waals surface area (Å²) < 4.78 is 1.48. The topological polar surface area (TPSA) is 0 Å². The van der Waals surface area contributed by atoms with Gasteiger partial charge in [-0.15, -0.1) is 0 Å². The number of hydrogen-bond acceptors (Lipinski definition) is 0. The lowest BCUT2D eigenvalue weighted by Gasteiger charge is -2.07. The largest absolute Gasteiger partial charge is 0.0841 e. The molecule has 0 fully saturated rings. The van der Waals surface area contributed by atoms with Gasteiger partial charge in [0.1, 0.15) is 0 Å². The average Bonchev–Trinajstić information content (AvgIpc) is 1.77. The highest BCUT2D eigenvalue weighted by Gasteiger charge is 2.02. The van der Waals surface area contributed by atoms with E-state index in [0.717, 1.165) is 6.42 Å². The zero-order valence-corrected chi connectivity index (χ0v) is 7.05. The second-order valence-corrected chi connectivity index (χ2v) is 3.29. The first-order chi connectivity index (χ1) is 3.80. The molecule has 0 aromatic heterocycles. The molecule has 1 aliphatic rings. The molecule has 0 aromatic rings. The van der Waals surface area contributed by atoms with Gasteiger partial charge in [-0.05, 0) is 32.6 Å². The molecule has 0 amide bonds. The van der Waals surface area contributed by atoms with Crippen LogP contribution >= 0.6 is 22.6 Å². The van der Waals surface area contributed by atoms with Crippen LogP contribution in [0, 0.1) is 5.92 Å². The summed E-state index contributed by atoms with van der Waals surface area (Å²) in [6.45, 7) is 2.22. The minimum Gasteiger partial charge on any atom is -0.0841 e. The fraction of sp³-hybridized carbons (Fsp3) is 0.429. The highest BCUT2D eigenvalue weighted by atomic mass is 127. The molecule has 8 heavy (non-hydrogen) atoms. The van der Waals surface area contributed by atoms with Gasteiger partial charge >= 0.3 is 0 Å². The summed E-state index contributed by atoms with van der Waals surface area (Å²) in [5.74, 6) is 0.671. The fourth-order valence-corrected chi connectivity index (χ4v) is 1.20. The zero-order chi connectivity index (χ0) is 5.98. The Hall–Kier alpha value is 0.210. The van der Waals surface area contributed by atoms with Crippen molar-refractivity contribution in [3.63, 3.8) is 0 Å². The van der Waals surface area contributed by atoms with Gasteiger partial charge in [0.15, 0.2) is 0 Å². The van der Waals surface area contributed by atoms with E-state index in [1.165, 1.54) is 3.58 Å². The molecule has 44 valence electrons. The van der Waals surface area contributed by atoms with Crippen LogP contribution in [-0.4, -0.2) is 0 Å². The molecule has 1 rings (SSSR count). The van der Waals surface area contributed by atoms with Crippen LogP contribution in [0.2, 0.25) is 0 Å². The number of allylic oxidation sites excluding steroid dienone is 4. The first kappa shape index (κ1) is 6.33. The van der Waals surface area contributed by atoms with Crippen molar-refractivity contribution in [2.24, 2.45) is 5.92 Å². The molecular formula is C7H9I. The lowest BCUT2D eigenvalue weighted by Crippen LogP contribution is -1.91. The van der Waals surface area contributed by atoms with Gasteiger partial charge < -0.3 is 0 Å². The fourth-order valence-electron chi connectivity index (χ4n) is 0.741. The highest BCUT2D eigenvalue weighted by Crippen LogP contribution is 2.23. The van der Waals surface area contributed by atoms with Crippen molar-refractivity contribution in [1.82, 2.24) is 0 Å². The van der Waals surface area contributed by atoms with E-state index in [2.05, 4.69) is 47.7 Å². The molecule has 0 saturated heterocycles. The molecule has 0 nitrogen and oxygen atoms in total. The highest BCUT2D eigenvalue weighted by molar-refractivity contribution is 14.1. The van der Waals surface area contributed by atoms with Crippen molar-refractivity contribution in [2.45, 2.75) is 13.3 Å². The van der Waals surface area contributed by atoms with Crippen LogP contribution in [0.1, 0.15) is 13.3 Å². The normalized spacial score (nSPS) is 27.8. The molecule has 0 radical (unpaired) electrons. The Labute approximate surface area is 63.8 Å². The maximum Gasteiger partial charge on any atom is 0.00447 e. The molecule has 1 aliphatic carbocycles. The number of halogens is 1. The van der Waals surface area contributed by atoms with Gasteiger partial charge in [-0.1, -0.05) is 25.2 Å². The SMILES string of the molecule is CC1C=CCC=C1I. The quantitative estimate of drug-likeness (QED) is 0.435. The third-order valence-corrected chi connectivity index (χ3v) is 2.73. The van der Waals surface area contributed by atoms with Gasteiger partial charge in [-0.3, -0.25) is 0 Å². The van der Waals surface area contributed by atoms with Gasteiger partial charge in [-0.25, -0.2) is 0 Å². The summed E-state index contributed by atoms with van der Waals surface area (Å²) in [4.78, 5) is 0.